The molecule has 0 bridgehead atoms. The molecule has 44 valence electrons. The summed E-state index contributed by atoms with van der Waals surface area (Å²) >= 11 is 5.64. The minimum absolute atomic E-state index is 0.199. The topological polar surface area (TPSA) is 26.0 Å². The maximum atomic E-state index is 5.64. The molecule has 0 saturated heterocycles. The summed E-state index contributed by atoms with van der Waals surface area (Å²) in [7, 11) is 0. The number of halogens is 1. The van der Waals surface area contributed by atoms with Crippen molar-refractivity contribution in [1.82, 2.24) is 0 Å². The number of hydrogen-bond donors (Lipinski definition) is 1. The van der Waals surface area contributed by atoms with Crippen LogP contribution in [-0.4, -0.2) is 11.9 Å². The van der Waals surface area contributed by atoms with Crippen LogP contribution in [0.25, 0.3) is 0 Å². The molecular formula is C5H12ClN. The van der Waals surface area contributed by atoms with Gasteiger partial charge in [-0.15, -0.1) is 11.6 Å². The number of alkyl halides is 1. The van der Waals surface area contributed by atoms with Crippen molar-refractivity contribution in [3.8, 4) is 0 Å². The molecule has 0 heterocycles. The Bertz CT molecular complexity index is 39.1. The van der Waals surface area contributed by atoms with E-state index < -0.39 is 0 Å². The molecule has 0 aromatic rings. The first-order chi connectivity index (χ1) is 3.31. The highest BCUT2D eigenvalue weighted by molar-refractivity contribution is 6.20. The van der Waals surface area contributed by atoms with Crippen LogP contribution in [0, 0.1) is 0 Å². The molecule has 0 aliphatic heterocycles. The van der Waals surface area contributed by atoms with E-state index in [-0.39, 0.29) is 5.38 Å². The molecule has 0 aliphatic rings. The summed E-state index contributed by atoms with van der Waals surface area (Å²) in [5.41, 5.74) is 5.23. The van der Waals surface area contributed by atoms with Crippen LogP contribution in [-0.2, 0) is 0 Å². The van der Waals surface area contributed by atoms with Crippen molar-refractivity contribution in [1.29, 1.82) is 0 Å². The highest BCUT2D eigenvalue weighted by atomic mass is 35.5. The van der Waals surface area contributed by atoms with Crippen LogP contribution < -0.4 is 5.73 Å². The lowest BCUT2D eigenvalue weighted by molar-refractivity contribution is 0.736. The SMILES string of the molecule is CCCC(Cl)CN. The maximum absolute atomic E-state index is 5.64. The fraction of sp³-hybridized carbons (Fsp3) is 1.00. The molecule has 0 fully saturated rings. The first-order valence-corrected chi connectivity index (χ1v) is 3.09. The van der Waals surface area contributed by atoms with Gasteiger partial charge in [-0.25, -0.2) is 0 Å². The van der Waals surface area contributed by atoms with Crippen LogP contribution in [0.5, 0.6) is 0 Å². The largest absolute Gasteiger partial charge is 0.329 e. The van der Waals surface area contributed by atoms with Crippen molar-refractivity contribution in [3.63, 3.8) is 0 Å². The summed E-state index contributed by atoms with van der Waals surface area (Å²) in [5.74, 6) is 0. The van der Waals surface area contributed by atoms with Gasteiger partial charge in [0.05, 0.1) is 0 Å². The zero-order chi connectivity index (χ0) is 5.70. The summed E-state index contributed by atoms with van der Waals surface area (Å²) in [4.78, 5) is 0. The minimum Gasteiger partial charge on any atom is -0.329 e. The maximum Gasteiger partial charge on any atom is 0.0458 e. The van der Waals surface area contributed by atoms with Gasteiger partial charge in [0.2, 0.25) is 0 Å². The normalized spacial score (nSPS) is 14.1. The molecule has 7 heavy (non-hydrogen) atoms. The van der Waals surface area contributed by atoms with Crippen LogP contribution in [0.2, 0.25) is 0 Å². The molecule has 0 spiro atoms. The predicted octanol–water partition coefficient (Wildman–Crippen LogP) is 1.35. The Labute approximate surface area is 49.8 Å². The van der Waals surface area contributed by atoms with Crippen molar-refractivity contribution in [3.05, 3.63) is 0 Å². The van der Waals surface area contributed by atoms with E-state index in [4.69, 9.17) is 17.3 Å². The zero-order valence-electron chi connectivity index (χ0n) is 4.65. The van der Waals surface area contributed by atoms with Crippen LogP contribution >= 0.6 is 11.6 Å². The molecule has 0 saturated carbocycles. The number of hydrogen-bond acceptors (Lipinski definition) is 1. The molecule has 2 N–H and O–H groups in total. The lowest BCUT2D eigenvalue weighted by Crippen LogP contribution is -2.12. The standard InChI is InChI=1S/C5H12ClN/c1-2-3-5(6)4-7/h5H,2-4,7H2,1H3. The first kappa shape index (κ1) is 7.25. The molecular weight excluding hydrogens is 110 g/mol. The molecule has 1 nitrogen and oxygen atoms in total. The Morgan fingerprint density at radius 1 is 1.71 bits per heavy atom. The molecule has 0 rings (SSSR count). The average Bonchev–Trinajstić information content (AvgIpc) is 1.68. The third-order valence-electron chi connectivity index (χ3n) is 0.858. The summed E-state index contributed by atoms with van der Waals surface area (Å²) in [6.45, 7) is 2.71. The second-order valence-corrected chi connectivity index (χ2v) is 2.24. The van der Waals surface area contributed by atoms with Gasteiger partial charge in [0.25, 0.3) is 0 Å². The van der Waals surface area contributed by atoms with Gasteiger partial charge in [0.1, 0.15) is 0 Å². The van der Waals surface area contributed by atoms with E-state index in [1.807, 2.05) is 0 Å². The molecule has 0 aromatic heterocycles. The average molecular weight is 122 g/mol. The van der Waals surface area contributed by atoms with Crippen molar-refractivity contribution in [2.24, 2.45) is 5.73 Å². The smallest absolute Gasteiger partial charge is 0.0458 e. The Morgan fingerprint density at radius 2 is 2.29 bits per heavy atom. The van der Waals surface area contributed by atoms with Gasteiger partial charge in [-0.2, -0.15) is 0 Å². The van der Waals surface area contributed by atoms with E-state index >= 15 is 0 Å². The van der Waals surface area contributed by atoms with E-state index in [1.165, 1.54) is 0 Å². The zero-order valence-corrected chi connectivity index (χ0v) is 5.41. The summed E-state index contributed by atoms with van der Waals surface area (Å²) in [5, 5.41) is 0.199. The van der Waals surface area contributed by atoms with Gasteiger partial charge in [-0.1, -0.05) is 13.3 Å². The van der Waals surface area contributed by atoms with Gasteiger partial charge < -0.3 is 5.73 Å². The Hall–Kier alpha value is 0.250. The Balaban J connectivity index is 2.83. The van der Waals surface area contributed by atoms with Crippen LogP contribution in [0.15, 0.2) is 0 Å². The van der Waals surface area contributed by atoms with Gasteiger partial charge in [-0.3, -0.25) is 0 Å². The molecule has 1 atom stereocenters. The summed E-state index contributed by atoms with van der Waals surface area (Å²) in [6, 6.07) is 0. The van der Waals surface area contributed by atoms with Gasteiger partial charge in [0, 0.05) is 11.9 Å². The van der Waals surface area contributed by atoms with Crippen LogP contribution in [0.1, 0.15) is 19.8 Å². The van der Waals surface area contributed by atoms with Crippen molar-refractivity contribution in [2.75, 3.05) is 6.54 Å². The first-order valence-electron chi connectivity index (χ1n) is 2.65. The molecule has 2 heteroatoms. The fourth-order valence-corrected chi connectivity index (χ4v) is 0.649. The van der Waals surface area contributed by atoms with Gasteiger partial charge in [0.15, 0.2) is 0 Å². The third kappa shape index (κ3) is 4.10. The summed E-state index contributed by atoms with van der Waals surface area (Å²) < 4.78 is 0. The minimum atomic E-state index is 0.199. The van der Waals surface area contributed by atoms with E-state index in [1.54, 1.807) is 0 Å². The van der Waals surface area contributed by atoms with Gasteiger partial charge in [-0.05, 0) is 6.42 Å². The molecule has 1 unspecified atom stereocenters. The van der Waals surface area contributed by atoms with E-state index in [0.717, 1.165) is 12.8 Å². The lowest BCUT2D eigenvalue weighted by Gasteiger charge is -1.99. The van der Waals surface area contributed by atoms with E-state index in [2.05, 4.69) is 6.92 Å². The highest BCUT2D eigenvalue weighted by Crippen LogP contribution is 2.00. The highest BCUT2D eigenvalue weighted by Gasteiger charge is 1.95. The molecule has 0 amide bonds. The molecule has 0 aliphatic carbocycles. The van der Waals surface area contributed by atoms with Crippen LogP contribution in [0.3, 0.4) is 0 Å². The number of rotatable bonds is 3. The second kappa shape index (κ2) is 4.41. The quantitative estimate of drug-likeness (QED) is 0.561. The van der Waals surface area contributed by atoms with E-state index in [0.29, 0.717) is 6.54 Å². The Morgan fingerprint density at radius 3 is 2.43 bits per heavy atom. The van der Waals surface area contributed by atoms with Crippen LogP contribution in [0.4, 0.5) is 0 Å². The van der Waals surface area contributed by atoms with Gasteiger partial charge >= 0.3 is 0 Å². The fourth-order valence-electron chi connectivity index (χ4n) is 0.431. The molecule has 0 aromatic carbocycles. The van der Waals surface area contributed by atoms with Crippen molar-refractivity contribution in [2.45, 2.75) is 25.1 Å². The van der Waals surface area contributed by atoms with E-state index in [9.17, 15) is 0 Å². The van der Waals surface area contributed by atoms with Crippen molar-refractivity contribution >= 4 is 11.6 Å². The predicted molar refractivity (Wildman–Crippen MR) is 33.6 cm³/mol. The lowest BCUT2D eigenvalue weighted by atomic mass is 10.2. The Kier molecular flexibility index (Phi) is 4.57. The third-order valence-corrected chi connectivity index (χ3v) is 1.25. The molecule has 0 radical (unpaired) electrons. The summed E-state index contributed by atoms with van der Waals surface area (Å²) in [6.07, 6.45) is 2.17. The second-order valence-electron chi connectivity index (χ2n) is 1.62. The monoisotopic (exact) mass is 121 g/mol. The van der Waals surface area contributed by atoms with Crippen molar-refractivity contribution < 1.29 is 0 Å². The number of nitrogens with two attached hydrogens (primary N) is 1.